The molecule has 3 aliphatic carbocycles. The molecule has 2 bridgehead atoms. The third-order valence-corrected chi connectivity index (χ3v) is 9.90. The molecule has 0 unspecified atom stereocenters. The lowest BCUT2D eigenvalue weighted by atomic mass is 9.78. The van der Waals surface area contributed by atoms with Crippen molar-refractivity contribution in [2.24, 2.45) is 35.5 Å². The molecule has 2 saturated heterocycles. The monoisotopic (exact) mass is 500 g/mol. The van der Waals surface area contributed by atoms with Crippen LogP contribution < -0.4 is 4.90 Å². The predicted molar refractivity (Wildman–Crippen MR) is 138 cm³/mol. The molecule has 6 atom stereocenters. The van der Waals surface area contributed by atoms with Crippen molar-refractivity contribution in [1.29, 1.82) is 0 Å². The van der Waals surface area contributed by atoms with Gasteiger partial charge in [0.2, 0.25) is 11.8 Å². The molecule has 6 nitrogen and oxygen atoms in total. The average Bonchev–Trinajstić information content (AvgIpc) is 3.72. The molecule has 0 spiro atoms. The van der Waals surface area contributed by atoms with Crippen LogP contribution in [-0.2, 0) is 9.59 Å². The summed E-state index contributed by atoms with van der Waals surface area (Å²) in [6.45, 7) is -12.0. The zero-order valence-corrected chi connectivity index (χ0v) is 20.5. The second kappa shape index (κ2) is 8.84. The van der Waals surface area contributed by atoms with Crippen LogP contribution in [0.1, 0.15) is 55.9 Å². The maximum absolute atomic E-state index is 13.4. The van der Waals surface area contributed by atoms with Crippen LogP contribution in [0.2, 0.25) is 0 Å². The van der Waals surface area contributed by atoms with Gasteiger partial charge in [-0.05, 0) is 79.4 Å². The molecule has 3 saturated carbocycles. The van der Waals surface area contributed by atoms with Crippen molar-refractivity contribution in [3.8, 4) is 0 Å². The fourth-order valence-corrected chi connectivity index (χ4v) is 8.15. The summed E-state index contributed by atoms with van der Waals surface area (Å²) >= 11 is 1.02. The fourth-order valence-electron chi connectivity index (χ4n) is 7.39. The number of carbonyl (C=O) groups is 2. The van der Waals surface area contributed by atoms with E-state index in [0.29, 0.717) is 27.8 Å². The number of piperazine rings is 1. The van der Waals surface area contributed by atoms with E-state index >= 15 is 0 Å². The maximum Gasteiger partial charge on any atom is 0.233 e. The summed E-state index contributed by atoms with van der Waals surface area (Å²) in [4.78, 5) is 29.6. The molecule has 2 amide bonds. The second-order valence-electron chi connectivity index (χ2n) is 10.9. The van der Waals surface area contributed by atoms with Gasteiger partial charge in [0.15, 0.2) is 0 Å². The molecule has 5 aliphatic rings. The standard InChI is InChI=1S/C28H36N4O2S/c33-27-24-18-9-10-19(15-18)25(24)28(34)32(27)17-21-6-2-1-5-20(21)16-30-11-13-31(14-12-30)26-22-7-3-4-8-23(22)35-29-26/h3-4,7-8,18-21,24-25H,1-2,5-6,9-17H2/t18-,19+,20-,21-,24+,25-/m1/s1/i11D2,12D2,13D2,14D2. The molecular weight excluding hydrogens is 456 g/mol. The Morgan fingerprint density at radius 1 is 0.886 bits per heavy atom. The van der Waals surface area contributed by atoms with Crippen molar-refractivity contribution in [2.45, 2.75) is 44.9 Å². The quantitative estimate of drug-likeness (QED) is 0.575. The molecule has 186 valence electrons. The van der Waals surface area contributed by atoms with Gasteiger partial charge < -0.3 is 4.90 Å². The van der Waals surface area contributed by atoms with Crippen molar-refractivity contribution < 1.29 is 20.6 Å². The van der Waals surface area contributed by atoms with E-state index in [4.69, 9.17) is 11.0 Å². The minimum atomic E-state index is -3.00. The largest absolute Gasteiger partial charge is 0.353 e. The molecular formula is C28H36N4O2S. The Kier molecular flexibility index (Phi) is 3.87. The normalized spacial score (nSPS) is 44.6. The number of hydrogen-bond acceptors (Lipinski definition) is 6. The predicted octanol–water partition coefficient (Wildman–Crippen LogP) is 4.26. The van der Waals surface area contributed by atoms with E-state index in [1.807, 2.05) is 0 Å². The number of nitrogens with zero attached hydrogens (tertiary/aromatic N) is 4. The van der Waals surface area contributed by atoms with Gasteiger partial charge in [0, 0.05) is 49.9 Å². The Morgan fingerprint density at radius 3 is 2.26 bits per heavy atom. The first-order valence-electron chi connectivity index (χ1n) is 17.0. The van der Waals surface area contributed by atoms with E-state index in [2.05, 4.69) is 4.37 Å². The number of amides is 2. The van der Waals surface area contributed by atoms with Gasteiger partial charge in [0.1, 0.15) is 5.82 Å². The molecule has 0 radical (unpaired) electrons. The summed E-state index contributed by atoms with van der Waals surface area (Å²) in [5, 5.41) is 0.422. The van der Waals surface area contributed by atoms with E-state index in [0.717, 1.165) is 48.5 Å². The number of likely N-dealkylation sites (tertiary alicyclic amines) is 1. The fraction of sp³-hybridized carbons (Fsp3) is 0.679. The Bertz CT molecular complexity index is 1410. The molecule has 1 aromatic heterocycles. The van der Waals surface area contributed by atoms with E-state index in [1.54, 1.807) is 24.3 Å². The first-order valence-corrected chi connectivity index (χ1v) is 13.7. The van der Waals surface area contributed by atoms with Crippen LogP contribution in [0.3, 0.4) is 0 Å². The Labute approximate surface area is 223 Å². The van der Waals surface area contributed by atoms with Crippen molar-refractivity contribution in [2.75, 3.05) is 44.0 Å². The van der Waals surface area contributed by atoms with Gasteiger partial charge in [-0.2, -0.15) is 4.37 Å². The number of rotatable bonds is 5. The van der Waals surface area contributed by atoms with Crippen molar-refractivity contribution in [3.05, 3.63) is 24.3 Å². The highest BCUT2D eigenvalue weighted by Gasteiger charge is 2.61. The Balaban J connectivity index is 1.18. The highest BCUT2D eigenvalue weighted by atomic mass is 32.1. The number of benzene rings is 1. The van der Waals surface area contributed by atoms with Crippen LogP contribution in [0.15, 0.2) is 24.3 Å². The van der Waals surface area contributed by atoms with Gasteiger partial charge in [-0.1, -0.05) is 25.0 Å². The van der Waals surface area contributed by atoms with E-state index in [-0.39, 0.29) is 66.2 Å². The van der Waals surface area contributed by atoms with E-state index in [1.165, 1.54) is 4.90 Å². The number of hydrogen-bond donors (Lipinski definition) is 0. The molecule has 0 N–H and O–H groups in total. The van der Waals surface area contributed by atoms with Gasteiger partial charge in [0.05, 0.1) is 22.0 Å². The molecule has 2 aliphatic heterocycles. The number of aromatic nitrogens is 1. The summed E-state index contributed by atoms with van der Waals surface area (Å²) in [5.74, 6) is -0.817. The number of carbonyl (C=O) groups excluding carboxylic acids is 2. The number of fused-ring (bicyclic) bond motifs is 6. The van der Waals surface area contributed by atoms with Crippen LogP contribution in [0.25, 0.3) is 10.1 Å². The minimum Gasteiger partial charge on any atom is -0.353 e. The lowest BCUT2D eigenvalue weighted by Crippen LogP contribution is -2.49. The van der Waals surface area contributed by atoms with E-state index < -0.39 is 26.0 Å². The second-order valence-corrected chi connectivity index (χ2v) is 11.7. The van der Waals surface area contributed by atoms with E-state index in [9.17, 15) is 9.59 Å². The number of anilines is 1. The number of imide groups is 1. The van der Waals surface area contributed by atoms with Crippen molar-refractivity contribution in [1.82, 2.24) is 14.2 Å². The maximum atomic E-state index is 13.4. The highest BCUT2D eigenvalue weighted by Crippen LogP contribution is 2.56. The lowest BCUT2D eigenvalue weighted by Gasteiger charge is -2.40. The summed E-state index contributed by atoms with van der Waals surface area (Å²) in [5.41, 5.74) is 0. The van der Waals surface area contributed by atoms with Crippen molar-refractivity contribution in [3.63, 3.8) is 0 Å². The van der Waals surface area contributed by atoms with Crippen LogP contribution in [-0.4, -0.2) is 65.1 Å². The smallest absolute Gasteiger partial charge is 0.233 e. The Morgan fingerprint density at radius 2 is 1.54 bits per heavy atom. The molecule has 7 heteroatoms. The first-order chi connectivity index (χ1) is 20.2. The Hall–Kier alpha value is -1.99. The molecule has 35 heavy (non-hydrogen) atoms. The van der Waals surface area contributed by atoms with Crippen LogP contribution in [0, 0.1) is 35.5 Å². The summed E-state index contributed by atoms with van der Waals surface area (Å²) in [6, 6.07) is 6.86. The van der Waals surface area contributed by atoms with Gasteiger partial charge in [-0.25, -0.2) is 0 Å². The zero-order valence-electron chi connectivity index (χ0n) is 27.7. The van der Waals surface area contributed by atoms with Gasteiger partial charge >= 0.3 is 0 Å². The topological polar surface area (TPSA) is 56.8 Å². The summed E-state index contributed by atoms with van der Waals surface area (Å²) < 4.78 is 76.7. The molecule has 1 aromatic carbocycles. The molecule has 5 fully saturated rings. The molecule has 3 heterocycles. The zero-order chi connectivity index (χ0) is 30.7. The van der Waals surface area contributed by atoms with Crippen LogP contribution in [0.4, 0.5) is 5.82 Å². The summed E-state index contributed by atoms with van der Waals surface area (Å²) in [6.07, 6.45) is 5.86. The first kappa shape index (κ1) is 15.3. The molecule has 2 aromatic rings. The summed E-state index contributed by atoms with van der Waals surface area (Å²) in [7, 11) is 0. The average molecular weight is 501 g/mol. The minimum absolute atomic E-state index is 0.103. The van der Waals surface area contributed by atoms with Gasteiger partial charge in [0.25, 0.3) is 0 Å². The van der Waals surface area contributed by atoms with Gasteiger partial charge in [-0.15, -0.1) is 0 Å². The lowest BCUT2D eigenvalue weighted by molar-refractivity contribution is -0.142. The third-order valence-electron chi connectivity index (χ3n) is 9.08. The SMILES string of the molecule is [2H]C1([2H])N(C[C@H]2CCCC[C@@H]2CN2C(=O)[C@@H]3[C@H]4CC[C@H](C4)[C@@H]3C2=O)C([2H])([2H])C([2H])([2H])N(c2nsc3ccccc23)C1([2H])[2H]. The highest BCUT2D eigenvalue weighted by molar-refractivity contribution is 7.13. The van der Waals surface area contributed by atoms with Crippen molar-refractivity contribution >= 4 is 39.3 Å². The van der Waals surface area contributed by atoms with Crippen LogP contribution >= 0.6 is 11.5 Å². The third kappa shape index (κ3) is 3.72. The molecule has 7 rings (SSSR count). The van der Waals surface area contributed by atoms with Gasteiger partial charge in [-0.3, -0.25) is 19.4 Å². The van der Waals surface area contributed by atoms with Crippen LogP contribution in [0.5, 0.6) is 0 Å².